The monoisotopic (exact) mass is 291 g/mol. The third kappa shape index (κ3) is 4.48. The number of benzene rings is 1. The van der Waals surface area contributed by atoms with E-state index in [0.29, 0.717) is 5.02 Å². The van der Waals surface area contributed by atoms with Gasteiger partial charge in [0.25, 0.3) is 0 Å². The van der Waals surface area contributed by atoms with E-state index in [2.05, 4.69) is 0 Å². The fourth-order valence-corrected chi connectivity index (χ4v) is 2.77. The summed E-state index contributed by atoms with van der Waals surface area (Å²) in [5.41, 5.74) is 5.47. The van der Waals surface area contributed by atoms with Crippen molar-refractivity contribution in [1.29, 1.82) is 0 Å². The molecule has 102 valence electrons. The highest BCUT2D eigenvalue weighted by Gasteiger charge is 2.19. The molecule has 0 bridgehead atoms. The van der Waals surface area contributed by atoms with Crippen LogP contribution in [0.4, 0.5) is 5.69 Å². The largest absolute Gasteiger partial charge is 0.398 e. The van der Waals surface area contributed by atoms with Crippen molar-refractivity contribution in [2.45, 2.75) is 31.3 Å². The minimum absolute atomic E-state index is 0.101. The molecule has 1 aromatic carbocycles. The van der Waals surface area contributed by atoms with Crippen LogP contribution in [0.15, 0.2) is 23.1 Å². The van der Waals surface area contributed by atoms with Crippen LogP contribution >= 0.6 is 11.6 Å². The molecule has 18 heavy (non-hydrogen) atoms. The van der Waals surface area contributed by atoms with Crippen LogP contribution in [0, 0.1) is 0 Å². The molecule has 0 aliphatic heterocycles. The molecular weight excluding hydrogens is 274 g/mol. The summed E-state index contributed by atoms with van der Waals surface area (Å²) < 4.78 is 29.5. The minimum Gasteiger partial charge on any atom is -0.398 e. The first-order chi connectivity index (χ1) is 8.12. The molecule has 0 saturated heterocycles. The van der Waals surface area contributed by atoms with Gasteiger partial charge in [-0.1, -0.05) is 11.6 Å². The predicted octanol–water partition coefficient (Wildman–Crippen LogP) is 2.51. The third-order valence-electron chi connectivity index (χ3n) is 2.19. The molecule has 0 aliphatic carbocycles. The average Bonchev–Trinajstić information content (AvgIpc) is 2.13. The second-order valence-electron chi connectivity index (χ2n) is 4.96. The molecule has 0 heterocycles. The van der Waals surface area contributed by atoms with E-state index < -0.39 is 9.84 Å². The zero-order valence-corrected chi connectivity index (χ0v) is 12.3. The number of rotatable bonds is 4. The lowest BCUT2D eigenvalue weighted by molar-refractivity contribution is 0.00645. The van der Waals surface area contributed by atoms with Crippen LogP contribution in [-0.4, -0.2) is 26.4 Å². The lowest BCUT2D eigenvalue weighted by atomic mass is 10.2. The smallest absolute Gasteiger partial charge is 0.182 e. The van der Waals surface area contributed by atoms with E-state index in [9.17, 15) is 8.42 Å². The molecule has 2 N–H and O–H groups in total. The van der Waals surface area contributed by atoms with Crippen molar-refractivity contribution in [3.8, 4) is 0 Å². The molecule has 6 heteroatoms. The number of hydrogen-bond donors (Lipinski definition) is 1. The Morgan fingerprint density at radius 3 is 2.44 bits per heavy atom. The van der Waals surface area contributed by atoms with Gasteiger partial charge in [-0.05, 0) is 39.0 Å². The van der Waals surface area contributed by atoms with Gasteiger partial charge in [0, 0.05) is 5.02 Å². The van der Waals surface area contributed by atoms with Gasteiger partial charge in [-0.15, -0.1) is 0 Å². The summed E-state index contributed by atoms with van der Waals surface area (Å²) in [7, 11) is -3.44. The fraction of sp³-hybridized carbons (Fsp3) is 0.500. The van der Waals surface area contributed by atoms with E-state index in [-0.39, 0.29) is 28.5 Å². The molecule has 4 nitrogen and oxygen atoms in total. The summed E-state index contributed by atoms with van der Waals surface area (Å²) in [6.07, 6.45) is 0. The quantitative estimate of drug-likeness (QED) is 0.866. The summed E-state index contributed by atoms with van der Waals surface area (Å²) in [5.74, 6) is -0.101. The van der Waals surface area contributed by atoms with Crippen LogP contribution in [-0.2, 0) is 14.6 Å². The lowest BCUT2D eigenvalue weighted by Gasteiger charge is -2.19. The molecule has 0 aromatic heterocycles. The molecular formula is C12H18ClNO3S. The Labute approximate surface area is 113 Å². The second-order valence-corrected chi connectivity index (χ2v) is 7.48. The molecule has 0 atom stereocenters. The Balaban J connectivity index is 2.81. The van der Waals surface area contributed by atoms with E-state index in [4.69, 9.17) is 22.1 Å². The SMILES string of the molecule is CC(C)(C)OCCS(=O)(=O)c1ccc(Cl)cc1N. The summed E-state index contributed by atoms with van der Waals surface area (Å²) in [6, 6.07) is 4.36. The van der Waals surface area contributed by atoms with E-state index in [1.54, 1.807) is 0 Å². The molecule has 0 amide bonds. The van der Waals surface area contributed by atoms with Crippen LogP contribution in [0.5, 0.6) is 0 Å². The fourth-order valence-electron chi connectivity index (χ4n) is 1.37. The summed E-state index contributed by atoms with van der Waals surface area (Å²) >= 11 is 5.73. The molecule has 0 spiro atoms. The molecule has 1 aromatic rings. The molecule has 0 radical (unpaired) electrons. The Hall–Kier alpha value is -0.780. The van der Waals surface area contributed by atoms with Gasteiger partial charge >= 0.3 is 0 Å². The van der Waals surface area contributed by atoms with Gasteiger partial charge < -0.3 is 10.5 Å². The highest BCUT2D eigenvalue weighted by atomic mass is 35.5. The highest BCUT2D eigenvalue weighted by molar-refractivity contribution is 7.91. The maximum atomic E-state index is 12.0. The highest BCUT2D eigenvalue weighted by Crippen LogP contribution is 2.23. The standard InChI is InChI=1S/C12H18ClNO3S/c1-12(2,3)17-6-7-18(15,16)11-5-4-9(13)8-10(11)14/h4-5,8H,6-7,14H2,1-3H3. The Morgan fingerprint density at radius 2 is 1.94 bits per heavy atom. The number of nitrogen functional groups attached to an aromatic ring is 1. The van der Waals surface area contributed by atoms with E-state index >= 15 is 0 Å². The van der Waals surface area contributed by atoms with Gasteiger partial charge in [0.05, 0.1) is 28.5 Å². The maximum absolute atomic E-state index is 12.0. The van der Waals surface area contributed by atoms with Gasteiger partial charge in [-0.3, -0.25) is 0 Å². The van der Waals surface area contributed by atoms with Gasteiger partial charge in [0.2, 0.25) is 0 Å². The average molecular weight is 292 g/mol. The van der Waals surface area contributed by atoms with Crippen molar-refractivity contribution in [2.24, 2.45) is 0 Å². The van der Waals surface area contributed by atoms with E-state index in [0.717, 1.165) is 0 Å². The first-order valence-electron chi connectivity index (χ1n) is 5.53. The van der Waals surface area contributed by atoms with Crippen molar-refractivity contribution in [3.05, 3.63) is 23.2 Å². The van der Waals surface area contributed by atoms with Gasteiger partial charge in [-0.25, -0.2) is 8.42 Å². The van der Waals surface area contributed by atoms with E-state index in [1.807, 2.05) is 20.8 Å². The number of sulfone groups is 1. The Morgan fingerprint density at radius 1 is 1.33 bits per heavy atom. The van der Waals surface area contributed by atoms with Crippen LogP contribution < -0.4 is 5.73 Å². The number of anilines is 1. The Bertz CT molecular complexity index is 521. The van der Waals surface area contributed by atoms with Crippen LogP contribution in [0.2, 0.25) is 5.02 Å². The summed E-state index contributed by atoms with van der Waals surface area (Å²) in [6.45, 7) is 5.75. The predicted molar refractivity (Wildman–Crippen MR) is 73.6 cm³/mol. The summed E-state index contributed by atoms with van der Waals surface area (Å²) in [4.78, 5) is 0.101. The number of ether oxygens (including phenoxy) is 1. The number of nitrogens with two attached hydrogens (primary N) is 1. The number of halogens is 1. The maximum Gasteiger partial charge on any atom is 0.182 e. The summed E-state index contributed by atoms with van der Waals surface area (Å²) in [5, 5.41) is 0.414. The molecule has 0 aliphatic rings. The van der Waals surface area contributed by atoms with Gasteiger partial charge in [-0.2, -0.15) is 0 Å². The zero-order valence-electron chi connectivity index (χ0n) is 10.7. The molecule has 0 unspecified atom stereocenters. The Kier molecular flexibility index (Phi) is 4.64. The van der Waals surface area contributed by atoms with Gasteiger partial charge in [0.1, 0.15) is 0 Å². The van der Waals surface area contributed by atoms with Crippen molar-refractivity contribution >= 4 is 27.1 Å². The van der Waals surface area contributed by atoms with Crippen LogP contribution in [0.3, 0.4) is 0 Å². The molecule has 0 saturated carbocycles. The molecule has 1 rings (SSSR count). The normalized spacial score (nSPS) is 12.7. The van der Waals surface area contributed by atoms with Crippen molar-refractivity contribution < 1.29 is 13.2 Å². The minimum atomic E-state index is -3.44. The number of hydrogen-bond acceptors (Lipinski definition) is 4. The third-order valence-corrected chi connectivity index (χ3v) is 4.18. The van der Waals surface area contributed by atoms with Gasteiger partial charge in [0.15, 0.2) is 9.84 Å². The topological polar surface area (TPSA) is 69.4 Å². The van der Waals surface area contributed by atoms with Crippen molar-refractivity contribution in [3.63, 3.8) is 0 Å². The zero-order chi connectivity index (χ0) is 14.0. The van der Waals surface area contributed by atoms with Crippen LogP contribution in [0.25, 0.3) is 0 Å². The van der Waals surface area contributed by atoms with Crippen molar-refractivity contribution in [1.82, 2.24) is 0 Å². The van der Waals surface area contributed by atoms with Crippen LogP contribution in [0.1, 0.15) is 20.8 Å². The van der Waals surface area contributed by atoms with E-state index in [1.165, 1.54) is 18.2 Å². The van der Waals surface area contributed by atoms with Crippen molar-refractivity contribution in [2.75, 3.05) is 18.1 Å². The second kappa shape index (κ2) is 5.47. The molecule has 0 fully saturated rings. The first-order valence-corrected chi connectivity index (χ1v) is 7.56. The lowest BCUT2D eigenvalue weighted by Crippen LogP contribution is -2.24. The first kappa shape index (κ1) is 15.3.